The van der Waals surface area contributed by atoms with E-state index in [0.717, 1.165) is 40.3 Å². The average molecular weight is 496 g/mol. The van der Waals surface area contributed by atoms with Crippen LogP contribution in [-0.2, 0) is 27.6 Å². The minimum Gasteiger partial charge on any atom is -0.307 e. The zero-order valence-electron chi connectivity index (χ0n) is 16.8. The van der Waals surface area contributed by atoms with Gasteiger partial charge in [0.05, 0.1) is 10.6 Å². The topological polar surface area (TPSA) is 87.7 Å². The molecule has 12 heteroatoms. The van der Waals surface area contributed by atoms with Crippen LogP contribution in [0.3, 0.4) is 0 Å². The molecule has 7 nitrogen and oxygen atoms in total. The Morgan fingerprint density at radius 2 is 1.64 bits per heavy atom. The van der Waals surface area contributed by atoms with Crippen molar-refractivity contribution in [1.82, 2.24) is 9.88 Å². The molecule has 0 N–H and O–H groups in total. The van der Waals surface area contributed by atoms with E-state index in [1.165, 1.54) is 16.2 Å². The molecule has 1 saturated heterocycles. The van der Waals surface area contributed by atoms with Crippen LogP contribution in [0.25, 0.3) is 0 Å². The fraction of sp³-hybridized carbons (Fsp3) is 0.190. The molecule has 1 fully saturated rings. The summed E-state index contributed by atoms with van der Waals surface area (Å²) in [6.45, 7) is 0.168. The maximum Gasteiger partial charge on any atom is 0.501 e. The minimum absolute atomic E-state index is 0.0151. The first kappa shape index (κ1) is 22.9. The Bertz CT molecular complexity index is 1260. The predicted octanol–water partition coefficient (Wildman–Crippen LogP) is 4.02. The number of carbonyl (C=O) groups excluding carboxylic acids is 2. The van der Waals surface area contributed by atoms with Crippen molar-refractivity contribution < 1.29 is 31.2 Å². The molecule has 3 aromatic rings. The van der Waals surface area contributed by atoms with E-state index in [2.05, 4.69) is 4.98 Å². The lowest BCUT2D eigenvalue weighted by atomic mass is 10.1. The van der Waals surface area contributed by atoms with Crippen molar-refractivity contribution in [3.63, 3.8) is 0 Å². The molecule has 0 bridgehead atoms. The molecule has 1 aliphatic heterocycles. The molecule has 1 aromatic carbocycles. The van der Waals surface area contributed by atoms with Gasteiger partial charge in [0.15, 0.2) is 0 Å². The fourth-order valence-corrected chi connectivity index (χ4v) is 4.90. The molecule has 4 rings (SSSR count). The van der Waals surface area contributed by atoms with Crippen molar-refractivity contribution in [2.24, 2.45) is 0 Å². The number of halogens is 3. The van der Waals surface area contributed by atoms with Crippen LogP contribution in [-0.4, -0.2) is 41.8 Å². The minimum atomic E-state index is -5.54. The predicted molar refractivity (Wildman–Crippen MR) is 114 cm³/mol. The number of urea groups is 1. The van der Waals surface area contributed by atoms with E-state index in [1.807, 2.05) is 16.8 Å². The number of amides is 3. The number of hydrogen-bond donors (Lipinski definition) is 0. The number of imide groups is 1. The highest BCUT2D eigenvalue weighted by Gasteiger charge is 2.48. The lowest BCUT2D eigenvalue weighted by Crippen LogP contribution is -2.36. The molecule has 2 aromatic heterocycles. The van der Waals surface area contributed by atoms with Crippen LogP contribution in [0.1, 0.15) is 11.1 Å². The first-order valence-electron chi connectivity index (χ1n) is 9.55. The van der Waals surface area contributed by atoms with Gasteiger partial charge in [-0.25, -0.2) is 18.1 Å². The maximum absolute atomic E-state index is 13.3. The molecular formula is C21H16F3N3O4S2. The van der Waals surface area contributed by atoms with E-state index >= 15 is 0 Å². The number of alkyl halides is 3. The summed E-state index contributed by atoms with van der Waals surface area (Å²) in [6, 6.07) is 7.29. The number of rotatable bonds is 6. The van der Waals surface area contributed by atoms with Gasteiger partial charge in [-0.15, -0.1) is 0 Å². The average Bonchev–Trinajstić information content (AvgIpc) is 3.36. The second-order valence-corrected chi connectivity index (χ2v) is 9.96. The second-order valence-electron chi connectivity index (χ2n) is 7.23. The van der Waals surface area contributed by atoms with Gasteiger partial charge in [0.1, 0.15) is 6.04 Å². The highest BCUT2D eigenvalue weighted by atomic mass is 32.2. The molecule has 33 heavy (non-hydrogen) atoms. The summed E-state index contributed by atoms with van der Waals surface area (Å²) in [6.07, 6.45) is 3.35. The number of carbonyl (C=O) groups is 2. The Hall–Kier alpha value is -3.25. The summed E-state index contributed by atoms with van der Waals surface area (Å²) in [7, 11) is -5.54. The largest absolute Gasteiger partial charge is 0.501 e. The molecule has 0 saturated carbocycles. The van der Waals surface area contributed by atoms with Crippen LogP contribution in [0.5, 0.6) is 0 Å². The van der Waals surface area contributed by atoms with Crippen molar-refractivity contribution in [3.05, 3.63) is 76.7 Å². The third-order valence-electron chi connectivity index (χ3n) is 5.14. The van der Waals surface area contributed by atoms with Gasteiger partial charge in [0, 0.05) is 25.4 Å². The smallest absolute Gasteiger partial charge is 0.307 e. The van der Waals surface area contributed by atoms with Gasteiger partial charge >= 0.3 is 11.5 Å². The number of hydrogen-bond acceptors (Lipinski definition) is 6. The third-order valence-corrected chi connectivity index (χ3v) is 7.37. The Morgan fingerprint density at radius 1 is 0.970 bits per heavy atom. The molecule has 1 atom stereocenters. The van der Waals surface area contributed by atoms with Crippen LogP contribution in [0.2, 0.25) is 0 Å². The van der Waals surface area contributed by atoms with Crippen LogP contribution >= 0.6 is 11.3 Å². The third kappa shape index (κ3) is 4.35. The van der Waals surface area contributed by atoms with Crippen molar-refractivity contribution >= 4 is 38.8 Å². The summed E-state index contributed by atoms with van der Waals surface area (Å²) in [5.41, 5.74) is -3.87. The van der Waals surface area contributed by atoms with Gasteiger partial charge < -0.3 is 4.90 Å². The van der Waals surface area contributed by atoms with Gasteiger partial charge in [-0.2, -0.15) is 24.5 Å². The van der Waals surface area contributed by atoms with Gasteiger partial charge in [-0.05, 0) is 64.4 Å². The van der Waals surface area contributed by atoms with Gasteiger partial charge in [-0.1, -0.05) is 0 Å². The number of thiophene rings is 1. The van der Waals surface area contributed by atoms with Crippen LogP contribution < -0.4 is 4.90 Å². The molecule has 1 unspecified atom stereocenters. The number of nitrogens with zero attached hydrogens (tertiary/aromatic N) is 3. The highest BCUT2D eigenvalue weighted by Crippen LogP contribution is 2.33. The van der Waals surface area contributed by atoms with Crippen LogP contribution in [0.4, 0.5) is 23.7 Å². The van der Waals surface area contributed by atoms with Crippen molar-refractivity contribution in [1.29, 1.82) is 0 Å². The van der Waals surface area contributed by atoms with E-state index in [4.69, 9.17) is 0 Å². The van der Waals surface area contributed by atoms with Gasteiger partial charge in [-0.3, -0.25) is 9.78 Å². The molecule has 3 heterocycles. The van der Waals surface area contributed by atoms with E-state index in [1.54, 1.807) is 24.5 Å². The van der Waals surface area contributed by atoms with Crippen molar-refractivity contribution in [2.45, 2.75) is 29.4 Å². The van der Waals surface area contributed by atoms with Crippen molar-refractivity contribution in [3.8, 4) is 0 Å². The summed E-state index contributed by atoms with van der Waals surface area (Å²) < 4.78 is 61.7. The van der Waals surface area contributed by atoms with Crippen LogP contribution in [0.15, 0.2) is 70.5 Å². The summed E-state index contributed by atoms with van der Waals surface area (Å²) in [5, 5.41) is 3.69. The molecule has 0 spiro atoms. The molecule has 0 aliphatic carbocycles. The molecule has 3 amide bonds. The number of sulfone groups is 1. The van der Waals surface area contributed by atoms with E-state index in [-0.39, 0.29) is 18.7 Å². The normalized spacial score (nSPS) is 17.1. The Balaban J connectivity index is 1.67. The number of aromatic nitrogens is 1. The molecule has 1 aliphatic rings. The lowest BCUT2D eigenvalue weighted by molar-refractivity contribution is -0.119. The lowest BCUT2D eigenvalue weighted by Gasteiger charge is -2.21. The van der Waals surface area contributed by atoms with E-state index in [0.29, 0.717) is 0 Å². The zero-order chi connectivity index (χ0) is 23.8. The first-order valence-corrected chi connectivity index (χ1v) is 12.0. The fourth-order valence-electron chi connectivity index (χ4n) is 3.48. The van der Waals surface area contributed by atoms with E-state index < -0.39 is 38.2 Å². The first-order chi connectivity index (χ1) is 15.6. The monoisotopic (exact) mass is 495 g/mol. The standard InChI is InChI=1S/C21H16F3N3O4S2/c22-21(23,24)33(30,31)17-3-1-16(2-4-17)27-19(28)18(11-14-5-8-25-9-6-14)26(20(27)29)12-15-7-10-32-13-15/h1-10,13,18H,11-12H2. The van der Waals surface area contributed by atoms with Gasteiger partial charge in [0.25, 0.3) is 15.7 Å². The SMILES string of the molecule is O=C1C(Cc2ccncc2)N(Cc2ccsc2)C(=O)N1c1ccc(S(=O)(=O)C(F)(F)F)cc1. The molecule has 172 valence electrons. The highest BCUT2D eigenvalue weighted by molar-refractivity contribution is 7.92. The maximum atomic E-state index is 13.3. The number of anilines is 1. The van der Waals surface area contributed by atoms with E-state index in [9.17, 15) is 31.2 Å². The summed E-state index contributed by atoms with van der Waals surface area (Å²) in [4.78, 5) is 31.7. The summed E-state index contributed by atoms with van der Waals surface area (Å²) in [5.74, 6) is -0.557. The Labute approximate surface area is 191 Å². The molecular weight excluding hydrogens is 479 g/mol. The van der Waals surface area contributed by atoms with Crippen LogP contribution in [0, 0.1) is 0 Å². The zero-order valence-corrected chi connectivity index (χ0v) is 18.4. The second kappa shape index (κ2) is 8.60. The molecule has 0 radical (unpaired) electrons. The quantitative estimate of drug-likeness (QED) is 0.482. The van der Waals surface area contributed by atoms with Gasteiger partial charge in [0.2, 0.25) is 0 Å². The number of pyridine rings is 1. The number of benzene rings is 1. The van der Waals surface area contributed by atoms with Crippen molar-refractivity contribution in [2.75, 3.05) is 4.90 Å². The Morgan fingerprint density at radius 3 is 2.21 bits per heavy atom. The summed E-state index contributed by atoms with van der Waals surface area (Å²) >= 11 is 1.44. The Kier molecular flexibility index (Phi) is 5.97.